The SMILES string of the molecule is Clc1ccc(C(Cn2ncnn2)OC(Cn2ncnn2)c2ccc(Cl)cc2Cl)c(Cl)c1. The van der Waals surface area contributed by atoms with Gasteiger partial charge < -0.3 is 4.74 Å². The summed E-state index contributed by atoms with van der Waals surface area (Å²) in [4.78, 5) is 2.81. The normalized spacial score (nSPS) is 13.3. The fourth-order valence-electron chi connectivity index (χ4n) is 2.99. The zero-order valence-corrected chi connectivity index (χ0v) is 18.7. The van der Waals surface area contributed by atoms with E-state index < -0.39 is 12.2 Å². The van der Waals surface area contributed by atoms with E-state index in [-0.39, 0.29) is 13.1 Å². The highest BCUT2D eigenvalue weighted by molar-refractivity contribution is 6.35. The van der Waals surface area contributed by atoms with Gasteiger partial charge in [-0.05, 0) is 34.7 Å². The van der Waals surface area contributed by atoms with Crippen molar-refractivity contribution < 1.29 is 4.74 Å². The average Bonchev–Trinajstić information content (AvgIpc) is 3.41. The van der Waals surface area contributed by atoms with E-state index in [0.717, 1.165) is 0 Å². The van der Waals surface area contributed by atoms with Crippen LogP contribution >= 0.6 is 46.4 Å². The maximum Gasteiger partial charge on any atom is 0.162 e. The first-order valence-electron chi connectivity index (χ1n) is 8.96. The summed E-state index contributed by atoms with van der Waals surface area (Å²) >= 11 is 25.1. The fraction of sp³-hybridized carbons (Fsp3) is 0.222. The van der Waals surface area contributed by atoms with Gasteiger partial charge in [0, 0.05) is 31.2 Å². The van der Waals surface area contributed by atoms with Gasteiger partial charge in [0.05, 0.1) is 13.1 Å². The third-order valence-electron chi connectivity index (χ3n) is 4.39. The van der Waals surface area contributed by atoms with Crippen LogP contribution in [0.15, 0.2) is 49.1 Å². The minimum absolute atomic E-state index is 0.244. The lowest BCUT2D eigenvalue weighted by Gasteiger charge is -2.26. The number of halogens is 4. The van der Waals surface area contributed by atoms with Gasteiger partial charge in [0.25, 0.3) is 0 Å². The highest BCUT2D eigenvalue weighted by Gasteiger charge is 2.26. The molecular weight excluding hydrogens is 486 g/mol. The first-order valence-corrected chi connectivity index (χ1v) is 10.5. The van der Waals surface area contributed by atoms with Crippen molar-refractivity contribution in [3.8, 4) is 0 Å². The number of rotatable bonds is 8. The van der Waals surface area contributed by atoms with Gasteiger partial charge >= 0.3 is 0 Å². The van der Waals surface area contributed by atoms with Gasteiger partial charge in [-0.25, -0.2) is 0 Å². The van der Waals surface area contributed by atoms with Crippen LogP contribution in [0.5, 0.6) is 0 Å². The molecule has 0 aliphatic rings. The van der Waals surface area contributed by atoms with Crippen molar-refractivity contribution in [1.29, 1.82) is 0 Å². The Morgan fingerprint density at radius 2 is 1.16 bits per heavy atom. The molecule has 31 heavy (non-hydrogen) atoms. The molecule has 2 unspecified atom stereocenters. The Labute approximate surface area is 196 Å². The Kier molecular flexibility index (Phi) is 6.99. The second-order valence-electron chi connectivity index (χ2n) is 6.43. The summed E-state index contributed by atoms with van der Waals surface area (Å²) in [5, 5.41) is 25.4. The largest absolute Gasteiger partial charge is 0.361 e. The molecule has 0 aliphatic heterocycles. The maximum absolute atomic E-state index is 6.50. The molecule has 0 saturated carbocycles. The number of tetrazole rings is 2. The van der Waals surface area contributed by atoms with Crippen LogP contribution in [0.4, 0.5) is 0 Å². The van der Waals surface area contributed by atoms with Gasteiger partial charge in [-0.15, -0.1) is 20.4 Å². The smallest absolute Gasteiger partial charge is 0.162 e. The summed E-state index contributed by atoms with van der Waals surface area (Å²) < 4.78 is 6.50. The summed E-state index contributed by atoms with van der Waals surface area (Å²) in [6.07, 6.45) is 1.54. The van der Waals surface area contributed by atoms with Gasteiger partial charge in [0.1, 0.15) is 12.2 Å². The lowest BCUT2D eigenvalue weighted by Crippen LogP contribution is -2.22. The Morgan fingerprint density at radius 3 is 1.52 bits per heavy atom. The molecule has 0 spiro atoms. The molecule has 2 atom stereocenters. The maximum atomic E-state index is 6.50. The first kappa shape index (κ1) is 21.9. The van der Waals surface area contributed by atoms with Crippen molar-refractivity contribution in [3.63, 3.8) is 0 Å². The Balaban J connectivity index is 1.71. The zero-order chi connectivity index (χ0) is 21.8. The first-order chi connectivity index (χ1) is 15.0. The predicted octanol–water partition coefficient (Wildman–Crippen LogP) is 4.47. The van der Waals surface area contributed by atoms with E-state index in [1.807, 2.05) is 0 Å². The Hall–Kier alpha value is -2.30. The van der Waals surface area contributed by atoms with Crippen LogP contribution in [0.1, 0.15) is 23.3 Å². The lowest BCUT2D eigenvalue weighted by atomic mass is 10.1. The van der Waals surface area contributed by atoms with Crippen LogP contribution in [0.25, 0.3) is 0 Å². The number of hydrogen-bond acceptors (Lipinski definition) is 7. The topological polar surface area (TPSA) is 96.4 Å². The third kappa shape index (κ3) is 5.50. The second-order valence-corrected chi connectivity index (χ2v) is 8.11. The van der Waals surface area contributed by atoms with Crippen LogP contribution in [0.2, 0.25) is 20.1 Å². The van der Waals surface area contributed by atoms with Crippen LogP contribution in [0, 0.1) is 0 Å². The molecule has 2 aromatic heterocycles. The van der Waals surface area contributed by atoms with Crippen molar-refractivity contribution >= 4 is 46.4 Å². The van der Waals surface area contributed by atoms with Gasteiger partial charge in [-0.2, -0.15) is 9.59 Å². The predicted molar refractivity (Wildman–Crippen MR) is 115 cm³/mol. The van der Waals surface area contributed by atoms with Crippen molar-refractivity contribution in [1.82, 2.24) is 40.4 Å². The van der Waals surface area contributed by atoms with Gasteiger partial charge in [-0.3, -0.25) is 0 Å². The van der Waals surface area contributed by atoms with Crippen LogP contribution in [0.3, 0.4) is 0 Å². The standard InChI is InChI=1S/C18H14Cl4N8O/c19-11-1-3-13(15(21)5-11)17(7-29-25-9-23-27-29)31-18(8-30-26-10-24-28-30)14-4-2-12(20)6-16(14)22/h1-6,9-10,17-18H,7-8H2. The second kappa shape index (κ2) is 9.88. The molecule has 0 aliphatic carbocycles. The molecule has 4 rings (SSSR count). The number of aromatic nitrogens is 8. The molecule has 0 amide bonds. The molecule has 9 nitrogen and oxygen atoms in total. The quantitative estimate of drug-likeness (QED) is 0.352. The highest BCUT2D eigenvalue weighted by Crippen LogP contribution is 2.36. The Bertz CT molecular complexity index is 1050. The molecule has 2 aromatic carbocycles. The molecular formula is C18H14Cl4N8O. The van der Waals surface area contributed by atoms with E-state index in [1.54, 1.807) is 36.4 Å². The Morgan fingerprint density at radius 1 is 0.710 bits per heavy atom. The average molecular weight is 500 g/mol. The molecule has 0 bridgehead atoms. The summed E-state index contributed by atoms with van der Waals surface area (Å²) in [5.74, 6) is 0. The molecule has 0 N–H and O–H groups in total. The molecule has 160 valence electrons. The minimum Gasteiger partial charge on any atom is -0.361 e. The minimum atomic E-state index is -0.570. The number of hydrogen-bond donors (Lipinski definition) is 0. The molecule has 4 aromatic rings. The highest BCUT2D eigenvalue weighted by atomic mass is 35.5. The summed E-state index contributed by atoms with van der Waals surface area (Å²) in [7, 11) is 0. The summed E-state index contributed by atoms with van der Waals surface area (Å²) in [6, 6.07) is 10.3. The summed E-state index contributed by atoms with van der Waals surface area (Å²) in [6.45, 7) is 0.488. The van der Waals surface area contributed by atoms with Gasteiger partial charge in [0.15, 0.2) is 12.7 Å². The van der Waals surface area contributed by atoms with E-state index in [4.69, 9.17) is 51.1 Å². The van der Waals surface area contributed by atoms with Crippen molar-refractivity contribution in [2.75, 3.05) is 0 Å². The van der Waals surface area contributed by atoms with Crippen molar-refractivity contribution in [2.45, 2.75) is 25.3 Å². The molecule has 2 heterocycles. The number of benzene rings is 2. The molecule has 13 heteroatoms. The number of nitrogens with zero attached hydrogens (tertiary/aromatic N) is 8. The monoisotopic (exact) mass is 498 g/mol. The van der Waals surface area contributed by atoms with Crippen molar-refractivity contribution in [3.05, 3.63) is 80.3 Å². The van der Waals surface area contributed by atoms with Crippen LogP contribution < -0.4 is 0 Å². The molecule has 0 radical (unpaired) electrons. The van der Waals surface area contributed by atoms with Crippen LogP contribution in [-0.2, 0) is 17.8 Å². The van der Waals surface area contributed by atoms with Gasteiger partial charge in [0.2, 0.25) is 0 Å². The fourth-order valence-corrected chi connectivity index (χ4v) is 4.05. The van der Waals surface area contributed by atoms with E-state index in [2.05, 4.69) is 30.8 Å². The van der Waals surface area contributed by atoms with Gasteiger partial charge in [-0.1, -0.05) is 58.5 Å². The van der Waals surface area contributed by atoms with Crippen LogP contribution in [-0.4, -0.2) is 40.4 Å². The molecule has 0 saturated heterocycles. The number of ether oxygens (including phenoxy) is 1. The van der Waals surface area contributed by atoms with E-state index >= 15 is 0 Å². The van der Waals surface area contributed by atoms with Crippen molar-refractivity contribution in [2.24, 2.45) is 0 Å². The lowest BCUT2D eigenvalue weighted by molar-refractivity contribution is -0.0395. The van der Waals surface area contributed by atoms with E-state index in [0.29, 0.717) is 31.2 Å². The molecule has 0 fully saturated rings. The van der Waals surface area contributed by atoms with E-state index in [1.165, 1.54) is 22.2 Å². The third-order valence-corrected chi connectivity index (χ3v) is 5.51. The van der Waals surface area contributed by atoms with E-state index in [9.17, 15) is 0 Å². The zero-order valence-electron chi connectivity index (χ0n) is 15.7. The summed E-state index contributed by atoms with van der Waals surface area (Å²) in [5.41, 5.74) is 1.40.